The predicted molar refractivity (Wildman–Crippen MR) is 63.7 cm³/mol. The van der Waals surface area contributed by atoms with E-state index in [1.54, 1.807) is 27.7 Å². The van der Waals surface area contributed by atoms with Gasteiger partial charge in [0.05, 0.1) is 12.5 Å². The molecule has 1 fully saturated rings. The van der Waals surface area contributed by atoms with Crippen molar-refractivity contribution < 1.29 is 23.9 Å². The Morgan fingerprint density at radius 2 is 2.06 bits per heavy atom. The number of Topliss-reactive ketones (excluding diaryl/α,β-unsaturated/α-hetero) is 1. The molecule has 102 valence electrons. The Hall–Kier alpha value is -1.39. The first kappa shape index (κ1) is 14.7. The molecule has 0 aromatic rings. The molecule has 0 N–H and O–H groups in total. The van der Waals surface area contributed by atoms with E-state index in [0.717, 1.165) is 0 Å². The number of ether oxygens (including phenoxy) is 2. The van der Waals surface area contributed by atoms with Crippen LogP contribution in [0.1, 0.15) is 41.0 Å². The molecular formula is C13H20O5. The van der Waals surface area contributed by atoms with Crippen LogP contribution < -0.4 is 0 Å². The Morgan fingerprint density at radius 1 is 1.50 bits per heavy atom. The van der Waals surface area contributed by atoms with E-state index in [2.05, 4.69) is 0 Å². The zero-order chi connectivity index (χ0) is 14.1. The molecule has 0 bridgehead atoms. The van der Waals surface area contributed by atoms with Gasteiger partial charge in [-0.05, 0) is 20.8 Å². The molecule has 2 atom stereocenters. The molecule has 1 aliphatic rings. The molecule has 0 radical (unpaired) electrons. The number of rotatable bonds is 4. The number of cyclic esters (lactones) is 1. The van der Waals surface area contributed by atoms with Gasteiger partial charge in [0.15, 0.2) is 0 Å². The Kier molecular flexibility index (Phi) is 3.84. The summed E-state index contributed by atoms with van der Waals surface area (Å²) in [5.41, 5.74) is -2.15. The standard InChI is InChI=1S/C13H20O5/c1-6-10(15)13(5)9(7-17-11(13)16)12(3,4)18-8(2)14/h9H,6-7H2,1-5H3/t9-,13+/m0/s1. The van der Waals surface area contributed by atoms with Crippen LogP contribution in [0.5, 0.6) is 0 Å². The second kappa shape index (κ2) is 4.71. The third-order valence-corrected chi connectivity index (χ3v) is 3.65. The van der Waals surface area contributed by atoms with Crippen molar-refractivity contribution in [2.45, 2.75) is 46.6 Å². The first-order chi connectivity index (χ1) is 8.16. The van der Waals surface area contributed by atoms with Gasteiger partial charge in [-0.15, -0.1) is 0 Å². The van der Waals surface area contributed by atoms with Crippen LogP contribution in [0.15, 0.2) is 0 Å². The van der Waals surface area contributed by atoms with Gasteiger partial charge in [-0.25, -0.2) is 0 Å². The van der Waals surface area contributed by atoms with Gasteiger partial charge in [-0.2, -0.15) is 0 Å². The van der Waals surface area contributed by atoms with Crippen molar-refractivity contribution in [3.63, 3.8) is 0 Å². The smallest absolute Gasteiger partial charge is 0.319 e. The number of carbonyl (C=O) groups excluding carboxylic acids is 3. The molecule has 18 heavy (non-hydrogen) atoms. The Morgan fingerprint density at radius 3 is 2.50 bits per heavy atom. The predicted octanol–water partition coefficient (Wildman–Crippen LogP) is 1.49. The molecule has 1 rings (SSSR count). The average Bonchev–Trinajstić information content (AvgIpc) is 2.54. The molecule has 1 aliphatic heterocycles. The maximum Gasteiger partial charge on any atom is 0.319 e. The highest BCUT2D eigenvalue weighted by Gasteiger charge is 2.59. The zero-order valence-corrected chi connectivity index (χ0v) is 11.5. The molecule has 0 spiro atoms. The molecule has 0 aliphatic carbocycles. The van der Waals surface area contributed by atoms with E-state index in [1.807, 2.05) is 0 Å². The van der Waals surface area contributed by atoms with Crippen molar-refractivity contribution >= 4 is 17.7 Å². The molecule has 0 saturated carbocycles. The third-order valence-electron chi connectivity index (χ3n) is 3.65. The molecule has 0 amide bonds. The van der Waals surface area contributed by atoms with Gasteiger partial charge in [0, 0.05) is 13.3 Å². The first-order valence-corrected chi connectivity index (χ1v) is 6.06. The fourth-order valence-corrected chi connectivity index (χ4v) is 2.63. The maximum atomic E-state index is 12.0. The van der Waals surface area contributed by atoms with Crippen LogP contribution >= 0.6 is 0 Å². The van der Waals surface area contributed by atoms with Crippen LogP contribution in [-0.4, -0.2) is 29.9 Å². The Balaban J connectivity index is 3.11. The van der Waals surface area contributed by atoms with Crippen molar-refractivity contribution in [2.24, 2.45) is 11.3 Å². The maximum absolute atomic E-state index is 12.0. The highest BCUT2D eigenvalue weighted by Crippen LogP contribution is 2.44. The van der Waals surface area contributed by atoms with Gasteiger partial charge >= 0.3 is 11.9 Å². The quantitative estimate of drug-likeness (QED) is 0.563. The number of carbonyl (C=O) groups is 3. The lowest BCUT2D eigenvalue weighted by molar-refractivity contribution is -0.167. The van der Waals surface area contributed by atoms with Crippen LogP contribution in [0.3, 0.4) is 0 Å². The van der Waals surface area contributed by atoms with Gasteiger partial charge in [-0.3, -0.25) is 14.4 Å². The van der Waals surface area contributed by atoms with Crippen LogP contribution in [0.2, 0.25) is 0 Å². The SMILES string of the molecule is CCC(=O)[C@]1(C)C(=O)OC[C@H]1C(C)(C)OC(C)=O. The highest BCUT2D eigenvalue weighted by molar-refractivity contribution is 6.04. The summed E-state index contributed by atoms with van der Waals surface area (Å²) in [6.45, 7) is 8.07. The summed E-state index contributed by atoms with van der Waals surface area (Å²) in [4.78, 5) is 35.0. The van der Waals surface area contributed by atoms with Gasteiger partial charge in [-0.1, -0.05) is 6.92 Å². The molecule has 1 saturated heterocycles. The van der Waals surface area contributed by atoms with Crippen molar-refractivity contribution in [2.75, 3.05) is 6.61 Å². The summed E-state index contributed by atoms with van der Waals surface area (Å²) in [7, 11) is 0. The van der Waals surface area contributed by atoms with Crippen molar-refractivity contribution in [1.29, 1.82) is 0 Å². The minimum atomic E-state index is -1.23. The van der Waals surface area contributed by atoms with E-state index in [1.165, 1.54) is 6.92 Å². The van der Waals surface area contributed by atoms with E-state index in [4.69, 9.17) is 9.47 Å². The zero-order valence-electron chi connectivity index (χ0n) is 11.5. The van der Waals surface area contributed by atoms with Crippen molar-refractivity contribution in [1.82, 2.24) is 0 Å². The fourth-order valence-electron chi connectivity index (χ4n) is 2.63. The monoisotopic (exact) mass is 256 g/mol. The molecule has 1 heterocycles. The molecule has 5 heteroatoms. The molecule has 0 unspecified atom stereocenters. The van der Waals surface area contributed by atoms with Gasteiger partial charge in [0.2, 0.25) is 0 Å². The number of esters is 2. The van der Waals surface area contributed by atoms with Crippen molar-refractivity contribution in [3.05, 3.63) is 0 Å². The van der Waals surface area contributed by atoms with Crippen LogP contribution in [0, 0.1) is 11.3 Å². The summed E-state index contributed by atoms with van der Waals surface area (Å²) in [6.07, 6.45) is 0.248. The fraction of sp³-hybridized carbons (Fsp3) is 0.769. The number of hydrogen-bond acceptors (Lipinski definition) is 5. The highest BCUT2D eigenvalue weighted by atomic mass is 16.6. The van der Waals surface area contributed by atoms with Gasteiger partial charge in [0.25, 0.3) is 0 Å². The van der Waals surface area contributed by atoms with E-state index in [9.17, 15) is 14.4 Å². The normalized spacial score (nSPS) is 27.8. The summed E-state index contributed by atoms with van der Waals surface area (Å²) in [5, 5.41) is 0. The van der Waals surface area contributed by atoms with Crippen LogP contribution in [0.25, 0.3) is 0 Å². The lowest BCUT2D eigenvalue weighted by atomic mass is 9.68. The Bertz CT molecular complexity index is 385. The molecule has 5 nitrogen and oxygen atoms in total. The van der Waals surface area contributed by atoms with E-state index in [0.29, 0.717) is 0 Å². The summed E-state index contributed by atoms with van der Waals surface area (Å²) in [5.74, 6) is -1.62. The minimum absolute atomic E-state index is 0.0986. The topological polar surface area (TPSA) is 69.7 Å². The van der Waals surface area contributed by atoms with Gasteiger partial charge in [0.1, 0.15) is 16.8 Å². The number of hydrogen-bond donors (Lipinski definition) is 0. The molecule has 0 aromatic carbocycles. The summed E-state index contributed by atoms with van der Waals surface area (Å²) in [6, 6.07) is 0. The lowest BCUT2D eigenvalue weighted by Gasteiger charge is -2.36. The second-order valence-corrected chi connectivity index (χ2v) is 5.33. The minimum Gasteiger partial charge on any atom is -0.464 e. The van der Waals surface area contributed by atoms with Crippen LogP contribution in [-0.2, 0) is 23.9 Å². The van der Waals surface area contributed by atoms with Gasteiger partial charge < -0.3 is 9.47 Å². The number of ketones is 1. The summed E-state index contributed by atoms with van der Waals surface area (Å²) < 4.78 is 10.3. The third kappa shape index (κ3) is 2.26. The van der Waals surface area contributed by atoms with Crippen LogP contribution in [0.4, 0.5) is 0 Å². The van der Waals surface area contributed by atoms with E-state index < -0.39 is 28.9 Å². The Labute approximate surface area is 107 Å². The lowest BCUT2D eigenvalue weighted by Crippen LogP contribution is -2.49. The van der Waals surface area contributed by atoms with E-state index >= 15 is 0 Å². The molecular weight excluding hydrogens is 236 g/mol. The largest absolute Gasteiger partial charge is 0.464 e. The van der Waals surface area contributed by atoms with Crippen molar-refractivity contribution in [3.8, 4) is 0 Å². The first-order valence-electron chi connectivity index (χ1n) is 6.06. The van der Waals surface area contributed by atoms with E-state index in [-0.39, 0.29) is 18.8 Å². The summed E-state index contributed by atoms with van der Waals surface area (Å²) >= 11 is 0. The second-order valence-electron chi connectivity index (χ2n) is 5.33. The average molecular weight is 256 g/mol. The molecule has 0 aromatic heterocycles.